The van der Waals surface area contributed by atoms with Gasteiger partial charge in [-0.05, 0) is 30.2 Å². The maximum absolute atomic E-state index is 11.7. The van der Waals surface area contributed by atoms with Crippen LogP contribution in [0.5, 0.6) is 11.5 Å². The van der Waals surface area contributed by atoms with E-state index in [4.69, 9.17) is 14.2 Å². The van der Waals surface area contributed by atoms with E-state index < -0.39 is 0 Å². The van der Waals surface area contributed by atoms with E-state index in [0.717, 1.165) is 42.3 Å². The van der Waals surface area contributed by atoms with E-state index in [-0.39, 0.29) is 11.9 Å². The van der Waals surface area contributed by atoms with Crippen molar-refractivity contribution in [3.63, 3.8) is 0 Å². The molecule has 2 aliphatic carbocycles. The smallest absolute Gasteiger partial charge is 0.163 e. The quantitative estimate of drug-likeness (QED) is 0.730. The van der Waals surface area contributed by atoms with Crippen molar-refractivity contribution >= 4 is 11.4 Å². The topological polar surface area (TPSA) is 44.8 Å². The first-order valence-electron chi connectivity index (χ1n) is 8.77. The number of carbonyl (C=O) groups is 1. The van der Waals surface area contributed by atoms with E-state index in [1.54, 1.807) is 6.08 Å². The van der Waals surface area contributed by atoms with Crippen LogP contribution in [0, 0.1) is 5.92 Å². The second-order valence-electron chi connectivity index (χ2n) is 7.08. The van der Waals surface area contributed by atoms with Crippen molar-refractivity contribution in [3.05, 3.63) is 64.7 Å². The number of allylic oxidation sites excluding steroid dienone is 5. The summed E-state index contributed by atoms with van der Waals surface area (Å²) in [6, 6.07) is 3.95. The van der Waals surface area contributed by atoms with Crippen molar-refractivity contribution in [1.82, 2.24) is 0 Å². The Bertz CT molecular complexity index is 960. The molecule has 25 heavy (non-hydrogen) atoms. The molecule has 0 N–H and O–H groups in total. The molecule has 0 saturated carbocycles. The van der Waals surface area contributed by atoms with Crippen LogP contribution in [0.2, 0.25) is 0 Å². The van der Waals surface area contributed by atoms with Gasteiger partial charge in [0.25, 0.3) is 0 Å². The van der Waals surface area contributed by atoms with Crippen LogP contribution >= 0.6 is 0 Å². The number of benzene rings is 1. The van der Waals surface area contributed by atoms with Crippen LogP contribution in [0.1, 0.15) is 24.0 Å². The summed E-state index contributed by atoms with van der Waals surface area (Å²) >= 11 is 0. The molecule has 3 heterocycles. The highest BCUT2D eigenvalue weighted by Gasteiger charge is 2.43. The van der Waals surface area contributed by atoms with Crippen molar-refractivity contribution in [2.45, 2.75) is 25.4 Å². The van der Waals surface area contributed by atoms with Gasteiger partial charge in [0.1, 0.15) is 29.1 Å². The van der Waals surface area contributed by atoms with Crippen LogP contribution in [0.3, 0.4) is 0 Å². The molecule has 2 atom stereocenters. The molecular formula is C21H16O4. The van der Waals surface area contributed by atoms with Crippen LogP contribution in [0.4, 0.5) is 0 Å². The first-order chi connectivity index (χ1) is 12.3. The van der Waals surface area contributed by atoms with Crippen molar-refractivity contribution < 1.29 is 19.0 Å². The molecule has 1 aromatic rings. The highest BCUT2D eigenvalue weighted by Crippen LogP contribution is 2.52. The largest absolute Gasteiger partial charge is 0.497 e. The minimum absolute atomic E-state index is 0.0443. The summed E-state index contributed by atoms with van der Waals surface area (Å²) in [5.41, 5.74) is 4.66. The zero-order chi connectivity index (χ0) is 16.5. The summed E-state index contributed by atoms with van der Waals surface area (Å²) in [5, 5.41) is 0. The van der Waals surface area contributed by atoms with Gasteiger partial charge in [0.2, 0.25) is 0 Å². The third-order valence-electron chi connectivity index (χ3n) is 5.68. The summed E-state index contributed by atoms with van der Waals surface area (Å²) < 4.78 is 18.1. The average molecular weight is 332 g/mol. The Morgan fingerprint density at radius 3 is 3.00 bits per heavy atom. The number of ether oxygens (including phenoxy) is 3. The van der Waals surface area contributed by atoms with Crippen molar-refractivity contribution in [2.24, 2.45) is 5.92 Å². The van der Waals surface area contributed by atoms with E-state index in [9.17, 15) is 4.79 Å². The number of rotatable bonds is 0. The molecule has 4 nitrogen and oxygen atoms in total. The molecule has 0 radical (unpaired) electrons. The van der Waals surface area contributed by atoms with Gasteiger partial charge in [-0.3, -0.25) is 4.79 Å². The maximum Gasteiger partial charge on any atom is 0.163 e. The van der Waals surface area contributed by atoms with Gasteiger partial charge in [0, 0.05) is 35.6 Å². The first kappa shape index (κ1) is 13.5. The normalized spacial score (nSPS) is 27.8. The standard InChI is InChI=1S/C21H16O4/c22-12-2-1-11-9-15-17(24-19(11)10-12)5-6-18-20(15)14-3-4-16-13(7-8-23-16)21(14)25-18/h1,3-6,10,13,21H,2,7-9H2. The SMILES string of the molecule is O=C1C=C2Oc3ccc4c(c3CC2=CC1)C1=CC=C2OCCC2C1O4. The predicted molar refractivity (Wildman–Crippen MR) is 91.1 cm³/mol. The first-order valence-corrected chi connectivity index (χ1v) is 8.77. The molecule has 2 unspecified atom stereocenters. The van der Waals surface area contributed by atoms with Crippen LogP contribution in [0.15, 0.2) is 53.5 Å². The summed E-state index contributed by atoms with van der Waals surface area (Å²) in [7, 11) is 0. The van der Waals surface area contributed by atoms with Crippen molar-refractivity contribution in [1.29, 1.82) is 0 Å². The van der Waals surface area contributed by atoms with Crippen molar-refractivity contribution in [2.75, 3.05) is 6.61 Å². The lowest BCUT2D eigenvalue weighted by molar-refractivity contribution is -0.114. The fraction of sp³-hybridized carbons (Fsp3) is 0.286. The molecule has 0 aromatic heterocycles. The molecule has 1 saturated heterocycles. The van der Waals surface area contributed by atoms with Crippen LogP contribution in [-0.4, -0.2) is 18.5 Å². The summed E-state index contributed by atoms with van der Waals surface area (Å²) in [5.74, 6) is 3.92. The van der Waals surface area contributed by atoms with Crippen molar-refractivity contribution in [3.8, 4) is 11.5 Å². The van der Waals surface area contributed by atoms with Gasteiger partial charge in [-0.1, -0.05) is 12.2 Å². The highest BCUT2D eigenvalue weighted by molar-refractivity contribution is 5.94. The van der Waals surface area contributed by atoms with Crippen LogP contribution in [-0.2, 0) is 16.0 Å². The number of hydrogen-bond donors (Lipinski definition) is 0. The highest BCUT2D eigenvalue weighted by atomic mass is 16.5. The van der Waals surface area contributed by atoms with Gasteiger partial charge in [0.15, 0.2) is 5.78 Å². The maximum atomic E-state index is 11.7. The molecule has 1 aromatic carbocycles. The lowest BCUT2D eigenvalue weighted by Crippen LogP contribution is -2.25. The summed E-state index contributed by atoms with van der Waals surface area (Å²) in [6.45, 7) is 0.768. The Balaban J connectivity index is 1.49. The third kappa shape index (κ3) is 1.79. The van der Waals surface area contributed by atoms with Gasteiger partial charge in [-0.2, -0.15) is 0 Å². The third-order valence-corrected chi connectivity index (χ3v) is 5.68. The molecule has 0 bridgehead atoms. The molecule has 124 valence electrons. The number of hydrogen-bond acceptors (Lipinski definition) is 4. The Labute approximate surface area is 145 Å². The summed E-state index contributed by atoms with van der Waals surface area (Å²) in [6.07, 6.45) is 10.1. The number of ketones is 1. The molecule has 3 aliphatic heterocycles. The van der Waals surface area contributed by atoms with E-state index in [0.29, 0.717) is 18.1 Å². The predicted octanol–water partition coefficient (Wildman–Crippen LogP) is 3.48. The fourth-order valence-electron chi connectivity index (χ4n) is 4.50. The molecule has 0 amide bonds. The molecule has 6 rings (SSSR count). The zero-order valence-corrected chi connectivity index (χ0v) is 13.6. The minimum Gasteiger partial charge on any atom is -0.497 e. The van der Waals surface area contributed by atoms with Crippen LogP contribution < -0.4 is 9.47 Å². The van der Waals surface area contributed by atoms with Crippen LogP contribution in [0.25, 0.3) is 5.57 Å². The minimum atomic E-state index is 0.0443. The monoisotopic (exact) mass is 332 g/mol. The zero-order valence-electron chi connectivity index (χ0n) is 13.6. The van der Waals surface area contributed by atoms with E-state index >= 15 is 0 Å². The lowest BCUT2D eigenvalue weighted by atomic mass is 9.83. The Hall–Kier alpha value is -2.75. The average Bonchev–Trinajstić information content (AvgIpc) is 3.23. The van der Waals surface area contributed by atoms with Gasteiger partial charge in [0.05, 0.1) is 12.5 Å². The second kappa shape index (κ2) is 4.66. The summed E-state index contributed by atoms with van der Waals surface area (Å²) in [4.78, 5) is 11.7. The molecule has 0 spiro atoms. The number of fused-ring (bicyclic) bond motifs is 8. The molecular weight excluding hydrogens is 316 g/mol. The van der Waals surface area contributed by atoms with Gasteiger partial charge in [-0.15, -0.1) is 0 Å². The molecule has 5 aliphatic rings. The van der Waals surface area contributed by atoms with Gasteiger partial charge < -0.3 is 14.2 Å². The van der Waals surface area contributed by atoms with E-state index in [1.807, 2.05) is 18.2 Å². The Kier molecular flexibility index (Phi) is 2.52. The molecule has 1 fully saturated rings. The Morgan fingerprint density at radius 1 is 1.12 bits per heavy atom. The van der Waals surface area contributed by atoms with Gasteiger partial charge >= 0.3 is 0 Å². The number of carbonyl (C=O) groups excluding carboxylic acids is 1. The van der Waals surface area contributed by atoms with E-state index in [2.05, 4.69) is 12.2 Å². The van der Waals surface area contributed by atoms with Gasteiger partial charge in [-0.25, -0.2) is 0 Å². The fourth-order valence-corrected chi connectivity index (χ4v) is 4.50. The van der Waals surface area contributed by atoms with E-state index in [1.165, 1.54) is 16.7 Å². The second-order valence-corrected chi connectivity index (χ2v) is 7.08. The molecule has 4 heteroatoms. The Morgan fingerprint density at radius 2 is 2.04 bits per heavy atom. The lowest BCUT2D eigenvalue weighted by Gasteiger charge is -2.26.